The quantitative estimate of drug-likeness (QED) is 0.761. The van der Waals surface area contributed by atoms with E-state index in [1.54, 1.807) is 23.1 Å². The van der Waals surface area contributed by atoms with E-state index in [0.717, 1.165) is 38.4 Å². The Bertz CT molecular complexity index is 544. The Morgan fingerprint density at radius 3 is 3.24 bits per heavy atom. The monoisotopic (exact) mass is 325 g/mol. The van der Waals surface area contributed by atoms with Crippen molar-refractivity contribution in [2.24, 2.45) is 0 Å². The van der Waals surface area contributed by atoms with E-state index in [0.29, 0.717) is 17.2 Å². The zero-order valence-corrected chi connectivity index (χ0v) is 13.7. The fraction of sp³-hybridized carbons (Fsp3) is 0.571. The van der Waals surface area contributed by atoms with Crippen LogP contribution in [0.25, 0.3) is 0 Å². The molecule has 1 saturated heterocycles. The maximum absolute atomic E-state index is 5.67. The molecule has 114 valence electrons. The minimum Gasteiger partial charge on any atom is -0.416 e. The lowest BCUT2D eigenvalue weighted by Crippen LogP contribution is -2.42. The van der Waals surface area contributed by atoms with Gasteiger partial charge in [-0.3, -0.25) is 4.90 Å². The van der Waals surface area contributed by atoms with E-state index in [1.807, 2.05) is 6.07 Å². The summed E-state index contributed by atoms with van der Waals surface area (Å²) in [5.41, 5.74) is 0. The average molecular weight is 325 g/mol. The lowest BCUT2D eigenvalue weighted by Gasteiger charge is -2.30. The maximum Gasteiger partial charge on any atom is 0.276 e. The molecule has 1 fully saturated rings. The highest BCUT2D eigenvalue weighted by atomic mass is 32.2. The Morgan fingerprint density at radius 2 is 2.43 bits per heavy atom. The summed E-state index contributed by atoms with van der Waals surface area (Å²) >= 11 is 3.34. The SMILES string of the molecule is C[C@@H]1CN(CCSc2nnc(Cc3cccs3)o2)CCO1. The number of nitrogens with zero attached hydrogens (tertiary/aromatic N) is 3. The molecule has 1 atom stereocenters. The smallest absolute Gasteiger partial charge is 0.276 e. The lowest BCUT2D eigenvalue weighted by atomic mass is 10.3. The Hall–Kier alpha value is -0.890. The van der Waals surface area contributed by atoms with Crippen LogP contribution in [0.5, 0.6) is 0 Å². The van der Waals surface area contributed by atoms with Crippen LogP contribution in [0.3, 0.4) is 0 Å². The first-order chi connectivity index (χ1) is 10.3. The summed E-state index contributed by atoms with van der Waals surface area (Å²) in [6.07, 6.45) is 1.07. The van der Waals surface area contributed by atoms with E-state index in [4.69, 9.17) is 9.15 Å². The Balaban J connectivity index is 1.42. The molecular weight excluding hydrogens is 306 g/mol. The first-order valence-electron chi connectivity index (χ1n) is 7.11. The summed E-state index contributed by atoms with van der Waals surface area (Å²) in [5.74, 6) is 1.66. The van der Waals surface area contributed by atoms with Crippen molar-refractivity contribution in [2.45, 2.75) is 24.7 Å². The standard InChI is InChI=1S/C14H19N3O2S2/c1-11-10-17(4-6-18-11)5-8-21-14-16-15-13(19-14)9-12-3-2-7-20-12/h2-3,7,11H,4-6,8-10H2,1H3/t11-/m1/s1. The topological polar surface area (TPSA) is 51.4 Å². The molecular formula is C14H19N3O2S2. The molecule has 21 heavy (non-hydrogen) atoms. The highest BCUT2D eigenvalue weighted by molar-refractivity contribution is 7.99. The van der Waals surface area contributed by atoms with Crippen molar-refractivity contribution in [1.82, 2.24) is 15.1 Å². The number of thiophene rings is 1. The first kappa shape index (κ1) is 15.0. The van der Waals surface area contributed by atoms with Gasteiger partial charge in [-0.05, 0) is 18.4 Å². The second-order valence-electron chi connectivity index (χ2n) is 5.05. The Morgan fingerprint density at radius 1 is 1.48 bits per heavy atom. The molecule has 0 spiro atoms. The van der Waals surface area contributed by atoms with Crippen LogP contribution in [0.2, 0.25) is 0 Å². The number of hydrogen-bond acceptors (Lipinski definition) is 7. The van der Waals surface area contributed by atoms with Gasteiger partial charge in [0, 0.05) is 30.3 Å². The molecule has 0 aromatic carbocycles. The Kier molecular flexibility index (Phi) is 5.29. The van der Waals surface area contributed by atoms with Crippen molar-refractivity contribution in [3.05, 3.63) is 28.3 Å². The van der Waals surface area contributed by atoms with E-state index in [1.165, 1.54) is 4.88 Å². The van der Waals surface area contributed by atoms with Crippen molar-refractivity contribution in [3.8, 4) is 0 Å². The van der Waals surface area contributed by atoms with Crippen LogP contribution in [-0.4, -0.2) is 53.2 Å². The van der Waals surface area contributed by atoms with Crippen LogP contribution >= 0.6 is 23.1 Å². The van der Waals surface area contributed by atoms with Gasteiger partial charge in [0.2, 0.25) is 5.89 Å². The van der Waals surface area contributed by atoms with Crippen molar-refractivity contribution in [3.63, 3.8) is 0 Å². The van der Waals surface area contributed by atoms with E-state index in [2.05, 4.69) is 33.5 Å². The van der Waals surface area contributed by atoms with Gasteiger partial charge >= 0.3 is 0 Å². The lowest BCUT2D eigenvalue weighted by molar-refractivity contribution is -0.0158. The maximum atomic E-state index is 5.67. The van der Waals surface area contributed by atoms with Crippen LogP contribution in [-0.2, 0) is 11.2 Å². The van der Waals surface area contributed by atoms with Crippen molar-refractivity contribution in [2.75, 3.05) is 32.0 Å². The van der Waals surface area contributed by atoms with Gasteiger partial charge in [0.15, 0.2) is 0 Å². The summed E-state index contributed by atoms with van der Waals surface area (Å²) in [6, 6.07) is 4.12. The van der Waals surface area contributed by atoms with Crippen LogP contribution in [0.15, 0.2) is 27.2 Å². The second-order valence-corrected chi connectivity index (χ2v) is 7.13. The molecule has 0 N–H and O–H groups in total. The fourth-order valence-corrected chi connectivity index (χ4v) is 3.76. The minimum atomic E-state index is 0.338. The third-order valence-electron chi connectivity index (χ3n) is 3.31. The van der Waals surface area contributed by atoms with E-state index < -0.39 is 0 Å². The Labute approximate surface area is 132 Å². The molecule has 0 amide bonds. The molecule has 0 aliphatic carbocycles. The largest absolute Gasteiger partial charge is 0.416 e. The third-order valence-corrected chi connectivity index (χ3v) is 4.99. The summed E-state index contributed by atoms with van der Waals surface area (Å²) in [7, 11) is 0. The molecule has 3 rings (SSSR count). The molecule has 3 heterocycles. The number of rotatable bonds is 6. The summed E-state index contributed by atoms with van der Waals surface area (Å²) in [5, 5.41) is 10.9. The molecule has 2 aromatic heterocycles. The molecule has 1 aliphatic rings. The normalized spacial score (nSPS) is 20.0. The zero-order chi connectivity index (χ0) is 14.5. The zero-order valence-electron chi connectivity index (χ0n) is 12.0. The van der Waals surface area contributed by atoms with Gasteiger partial charge in [-0.15, -0.1) is 21.5 Å². The molecule has 0 unspecified atom stereocenters. The number of aromatic nitrogens is 2. The van der Waals surface area contributed by atoms with Crippen molar-refractivity contribution < 1.29 is 9.15 Å². The van der Waals surface area contributed by atoms with Gasteiger partial charge in [0.25, 0.3) is 5.22 Å². The van der Waals surface area contributed by atoms with Gasteiger partial charge in [-0.25, -0.2) is 0 Å². The number of hydrogen-bond donors (Lipinski definition) is 0. The molecule has 0 saturated carbocycles. The summed E-state index contributed by atoms with van der Waals surface area (Å²) in [6.45, 7) is 6.00. The van der Waals surface area contributed by atoms with Gasteiger partial charge < -0.3 is 9.15 Å². The van der Waals surface area contributed by atoms with Gasteiger partial charge in [0.05, 0.1) is 19.1 Å². The molecule has 7 heteroatoms. The van der Waals surface area contributed by atoms with Crippen LogP contribution in [0.4, 0.5) is 0 Å². The molecule has 0 bridgehead atoms. The van der Waals surface area contributed by atoms with Crippen LogP contribution < -0.4 is 0 Å². The van der Waals surface area contributed by atoms with Gasteiger partial charge in [0.1, 0.15) is 0 Å². The van der Waals surface area contributed by atoms with Crippen molar-refractivity contribution >= 4 is 23.1 Å². The van der Waals surface area contributed by atoms with Gasteiger partial charge in [-0.1, -0.05) is 17.8 Å². The molecule has 2 aromatic rings. The second kappa shape index (κ2) is 7.40. The minimum absolute atomic E-state index is 0.338. The first-order valence-corrected chi connectivity index (χ1v) is 8.97. The van der Waals surface area contributed by atoms with Crippen LogP contribution in [0, 0.1) is 0 Å². The average Bonchev–Trinajstić information content (AvgIpc) is 3.12. The third kappa shape index (κ3) is 4.54. The molecule has 1 aliphatic heterocycles. The van der Waals surface area contributed by atoms with Crippen LogP contribution in [0.1, 0.15) is 17.7 Å². The highest BCUT2D eigenvalue weighted by Crippen LogP contribution is 2.19. The van der Waals surface area contributed by atoms with E-state index in [-0.39, 0.29) is 0 Å². The van der Waals surface area contributed by atoms with E-state index in [9.17, 15) is 0 Å². The fourth-order valence-electron chi connectivity index (χ4n) is 2.29. The van der Waals surface area contributed by atoms with Crippen molar-refractivity contribution in [1.29, 1.82) is 0 Å². The molecule has 5 nitrogen and oxygen atoms in total. The summed E-state index contributed by atoms with van der Waals surface area (Å²) < 4.78 is 11.2. The van der Waals surface area contributed by atoms with Gasteiger partial charge in [-0.2, -0.15) is 0 Å². The van der Waals surface area contributed by atoms with E-state index >= 15 is 0 Å². The predicted molar refractivity (Wildman–Crippen MR) is 84.0 cm³/mol. The highest BCUT2D eigenvalue weighted by Gasteiger charge is 2.16. The number of ether oxygens (including phenoxy) is 1. The summed E-state index contributed by atoms with van der Waals surface area (Å²) in [4.78, 5) is 3.67. The predicted octanol–water partition coefficient (Wildman–Crippen LogP) is 2.53. The number of thioether (sulfide) groups is 1. The number of morpholine rings is 1. The molecule has 0 radical (unpaired) electrons.